The van der Waals surface area contributed by atoms with Crippen LogP contribution in [0.5, 0.6) is 0 Å². The fourth-order valence-electron chi connectivity index (χ4n) is 4.88. The molecule has 0 aliphatic heterocycles. The summed E-state index contributed by atoms with van der Waals surface area (Å²) in [6, 6.07) is 6.61. The average molecular weight is 401 g/mol. The van der Waals surface area contributed by atoms with Crippen LogP contribution in [0.2, 0.25) is 0 Å². The molecule has 1 saturated carbocycles. The minimum Gasteiger partial charge on any atom is -0.361 e. The van der Waals surface area contributed by atoms with Gasteiger partial charge in [-0.1, -0.05) is 30.6 Å². The van der Waals surface area contributed by atoms with Gasteiger partial charge < -0.3 is 9.42 Å². The van der Waals surface area contributed by atoms with Gasteiger partial charge in [-0.25, -0.2) is 4.39 Å². The summed E-state index contributed by atoms with van der Waals surface area (Å²) in [5, 5.41) is 4.04. The van der Waals surface area contributed by atoms with Crippen molar-refractivity contribution < 1.29 is 13.7 Å². The highest BCUT2D eigenvalue weighted by molar-refractivity contribution is 5.84. The Balaban J connectivity index is 1.91. The lowest BCUT2D eigenvalue weighted by atomic mass is 9.82. The Bertz CT molecular complexity index is 802. The highest BCUT2D eigenvalue weighted by Gasteiger charge is 2.36. The third-order valence-corrected chi connectivity index (χ3v) is 6.70. The number of rotatable bonds is 6. The molecule has 0 saturated heterocycles. The molecule has 29 heavy (non-hydrogen) atoms. The molecule has 0 radical (unpaired) electrons. The van der Waals surface area contributed by atoms with E-state index in [0.29, 0.717) is 5.76 Å². The molecule has 5 heteroatoms. The van der Waals surface area contributed by atoms with Gasteiger partial charge in [0.25, 0.3) is 0 Å². The van der Waals surface area contributed by atoms with Crippen molar-refractivity contribution in [3.63, 3.8) is 0 Å². The van der Waals surface area contributed by atoms with E-state index in [4.69, 9.17) is 4.52 Å². The van der Waals surface area contributed by atoms with Gasteiger partial charge in [0.1, 0.15) is 11.6 Å². The standard InChI is InChI=1S/C24H33FN2O2/c1-6-19-7-13-22(14-8-19)27(17(4)20-9-11-21(25)12-10-20)24(28)15(2)23-16(3)26-29-18(23)5/h9-12,15,17,19,22H,6-8,13-14H2,1-5H3/t15-,17+,19?,22?/m0/s1. The summed E-state index contributed by atoms with van der Waals surface area (Å²) in [6.07, 6.45) is 5.54. The first-order chi connectivity index (χ1) is 13.8. The number of amides is 1. The number of benzene rings is 1. The second kappa shape index (κ2) is 9.10. The van der Waals surface area contributed by atoms with E-state index in [-0.39, 0.29) is 29.7 Å². The minimum atomic E-state index is -0.326. The van der Waals surface area contributed by atoms with Crippen molar-refractivity contribution in [1.82, 2.24) is 10.1 Å². The normalized spacial score (nSPS) is 21.6. The number of aryl methyl sites for hydroxylation is 2. The first-order valence-electron chi connectivity index (χ1n) is 10.8. The molecule has 2 aromatic rings. The summed E-state index contributed by atoms with van der Waals surface area (Å²) >= 11 is 0. The number of aromatic nitrogens is 1. The average Bonchev–Trinajstić information content (AvgIpc) is 3.06. The van der Waals surface area contributed by atoms with Crippen LogP contribution in [-0.2, 0) is 4.79 Å². The van der Waals surface area contributed by atoms with Crippen LogP contribution < -0.4 is 0 Å². The lowest BCUT2D eigenvalue weighted by molar-refractivity contribution is -0.138. The maximum atomic E-state index is 13.8. The quantitative estimate of drug-likeness (QED) is 0.589. The van der Waals surface area contributed by atoms with Gasteiger partial charge in [0.05, 0.1) is 17.7 Å². The van der Waals surface area contributed by atoms with E-state index < -0.39 is 0 Å². The molecule has 2 atom stereocenters. The van der Waals surface area contributed by atoms with Crippen LogP contribution in [-0.4, -0.2) is 22.0 Å². The molecule has 3 rings (SSSR count). The van der Waals surface area contributed by atoms with Crippen molar-refractivity contribution in [2.45, 2.75) is 84.7 Å². The van der Waals surface area contributed by atoms with E-state index in [2.05, 4.69) is 23.9 Å². The van der Waals surface area contributed by atoms with E-state index in [1.807, 2.05) is 20.8 Å². The zero-order valence-electron chi connectivity index (χ0n) is 18.2. The summed E-state index contributed by atoms with van der Waals surface area (Å²) in [4.78, 5) is 15.8. The Kier molecular flexibility index (Phi) is 6.76. The van der Waals surface area contributed by atoms with Crippen molar-refractivity contribution in [1.29, 1.82) is 0 Å². The molecule has 1 aliphatic rings. The number of nitrogens with zero attached hydrogens (tertiary/aromatic N) is 2. The van der Waals surface area contributed by atoms with Gasteiger partial charge in [0.2, 0.25) is 5.91 Å². The summed E-state index contributed by atoms with van der Waals surface area (Å²) in [6.45, 7) is 9.98. The van der Waals surface area contributed by atoms with Crippen molar-refractivity contribution in [3.8, 4) is 0 Å². The predicted octanol–water partition coefficient (Wildman–Crippen LogP) is 6.09. The molecule has 1 aliphatic carbocycles. The largest absolute Gasteiger partial charge is 0.361 e. The number of hydrogen-bond donors (Lipinski definition) is 0. The molecule has 1 aromatic carbocycles. The van der Waals surface area contributed by atoms with Crippen LogP contribution in [0, 0.1) is 25.6 Å². The van der Waals surface area contributed by atoms with E-state index in [1.165, 1.54) is 18.6 Å². The second-order valence-electron chi connectivity index (χ2n) is 8.52. The fourth-order valence-corrected chi connectivity index (χ4v) is 4.88. The lowest BCUT2D eigenvalue weighted by Crippen LogP contribution is -2.45. The molecule has 4 nitrogen and oxygen atoms in total. The van der Waals surface area contributed by atoms with Gasteiger partial charge in [0.15, 0.2) is 0 Å². The van der Waals surface area contributed by atoms with Crippen molar-refractivity contribution in [3.05, 3.63) is 52.7 Å². The molecule has 0 N–H and O–H groups in total. The molecular weight excluding hydrogens is 367 g/mol. The van der Waals surface area contributed by atoms with Gasteiger partial charge >= 0.3 is 0 Å². The maximum absolute atomic E-state index is 13.8. The Labute approximate surface area is 173 Å². The smallest absolute Gasteiger partial charge is 0.230 e. The third-order valence-electron chi connectivity index (χ3n) is 6.70. The first-order valence-corrected chi connectivity index (χ1v) is 10.8. The summed E-state index contributed by atoms with van der Waals surface area (Å²) in [7, 11) is 0. The van der Waals surface area contributed by atoms with Gasteiger partial charge in [-0.2, -0.15) is 0 Å². The molecule has 158 valence electrons. The van der Waals surface area contributed by atoms with Gasteiger partial charge in [-0.3, -0.25) is 4.79 Å². The minimum absolute atomic E-state index is 0.0937. The Hall–Kier alpha value is -2.17. The SMILES string of the molecule is CCC1CCC(N(C(=O)[C@@H](C)c2c(C)noc2C)[C@H](C)c2ccc(F)cc2)CC1. The molecule has 0 spiro atoms. The van der Waals surface area contributed by atoms with E-state index in [9.17, 15) is 9.18 Å². The number of carbonyl (C=O) groups is 1. The van der Waals surface area contributed by atoms with Crippen molar-refractivity contribution in [2.24, 2.45) is 5.92 Å². The van der Waals surface area contributed by atoms with E-state index in [1.54, 1.807) is 12.1 Å². The second-order valence-corrected chi connectivity index (χ2v) is 8.52. The zero-order valence-corrected chi connectivity index (χ0v) is 18.2. The van der Waals surface area contributed by atoms with Crippen LogP contribution in [0.1, 0.15) is 87.4 Å². The van der Waals surface area contributed by atoms with Crippen LogP contribution >= 0.6 is 0 Å². The first kappa shape index (κ1) is 21.5. The third kappa shape index (κ3) is 4.54. The van der Waals surface area contributed by atoms with Gasteiger partial charge in [-0.05, 0) is 77.0 Å². The number of carbonyl (C=O) groups excluding carboxylic acids is 1. The van der Waals surface area contributed by atoms with Crippen molar-refractivity contribution >= 4 is 5.91 Å². The van der Waals surface area contributed by atoms with Crippen LogP contribution in [0.4, 0.5) is 4.39 Å². The number of halogens is 1. The Morgan fingerprint density at radius 3 is 2.31 bits per heavy atom. The molecule has 1 amide bonds. The lowest BCUT2D eigenvalue weighted by Gasteiger charge is -2.42. The summed E-state index contributed by atoms with van der Waals surface area (Å²) < 4.78 is 18.8. The summed E-state index contributed by atoms with van der Waals surface area (Å²) in [5.41, 5.74) is 2.62. The topological polar surface area (TPSA) is 46.3 Å². The molecular formula is C24H33FN2O2. The monoisotopic (exact) mass is 400 g/mol. The van der Waals surface area contributed by atoms with Crippen LogP contribution in [0.3, 0.4) is 0 Å². The van der Waals surface area contributed by atoms with Crippen molar-refractivity contribution in [2.75, 3.05) is 0 Å². The Morgan fingerprint density at radius 2 is 1.79 bits per heavy atom. The zero-order chi connectivity index (χ0) is 21.1. The molecule has 0 bridgehead atoms. The summed E-state index contributed by atoms with van der Waals surface area (Å²) in [5.74, 6) is 0.965. The molecule has 0 unspecified atom stereocenters. The molecule has 1 heterocycles. The van der Waals surface area contributed by atoms with Gasteiger partial charge in [-0.15, -0.1) is 0 Å². The predicted molar refractivity (Wildman–Crippen MR) is 112 cm³/mol. The van der Waals surface area contributed by atoms with E-state index >= 15 is 0 Å². The fraction of sp³-hybridized carbons (Fsp3) is 0.583. The van der Waals surface area contributed by atoms with Crippen LogP contribution in [0.25, 0.3) is 0 Å². The van der Waals surface area contributed by atoms with Gasteiger partial charge in [0, 0.05) is 11.6 Å². The maximum Gasteiger partial charge on any atom is 0.230 e. The molecule has 1 aromatic heterocycles. The van der Waals surface area contributed by atoms with E-state index in [0.717, 1.165) is 48.4 Å². The molecule has 1 fully saturated rings. The highest BCUT2D eigenvalue weighted by atomic mass is 19.1. The van der Waals surface area contributed by atoms with Crippen LogP contribution in [0.15, 0.2) is 28.8 Å². The number of hydrogen-bond acceptors (Lipinski definition) is 3. The Morgan fingerprint density at radius 1 is 1.17 bits per heavy atom. The highest BCUT2D eigenvalue weighted by Crippen LogP contribution is 2.37.